The molecule has 0 aliphatic rings. The van der Waals surface area contributed by atoms with Crippen molar-refractivity contribution in [3.05, 3.63) is 36.2 Å². The van der Waals surface area contributed by atoms with Crippen molar-refractivity contribution in [3.63, 3.8) is 0 Å². The van der Waals surface area contributed by atoms with Crippen LogP contribution in [0.25, 0.3) is 10.8 Å². The molecule has 0 fully saturated rings. The number of rotatable bonds is 3. The lowest BCUT2D eigenvalue weighted by Crippen LogP contribution is -2.34. The van der Waals surface area contributed by atoms with Gasteiger partial charge in [0.05, 0.1) is 5.69 Å². The molecule has 2 aromatic rings. The van der Waals surface area contributed by atoms with Crippen LogP contribution < -0.4 is 10.6 Å². The Hall–Kier alpha value is -1.61. The molecule has 0 aliphatic heterocycles. The Morgan fingerprint density at radius 3 is 2.56 bits per heavy atom. The molecule has 1 heterocycles. The van der Waals surface area contributed by atoms with E-state index in [1.165, 1.54) is 16.5 Å². The van der Waals surface area contributed by atoms with Crippen molar-refractivity contribution in [2.45, 2.75) is 25.8 Å². The van der Waals surface area contributed by atoms with Gasteiger partial charge < -0.3 is 10.6 Å². The predicted octanol–water partition coefficient (Wildman–Crippen LogP) is 2.58. The van der Waals surface area contributed by atoms with Gasteiger partial charge in [0.25, 0.3) is 0 Å². The Bertz CT molecular complexity index is 553. The maximum atomic E-state index is 6.11. The van der Waals surface area contributed by atoms with Gasteiger partial charge in [-0.25, -0.2) is 0 Å². The molecule has 96 valence electrons. The lowest BCUT2D eigenvalue weighted by atomic mass is 9.96. The quantitative estimate of drug-likeness (QED) is 0.901. The van der Waals surface area contributed by atoms with Gasteiger partial charge in [0.15, 0.2) is 0 Å². The zero-order valence-corrected chi connectivity index (χ0v) is 11.6. The topological polar surface area (TPSA) is 42.2 Å². The summed E-state index contributed by atoms with van der Waals surface area (Å²) in [6, 6.07) is 8.49. The Kier molecular flexibility index (Phi) is 3.26. The van der Waals surface area contributed by atoms with E-state index in [-0.39, 0.29) is 5.54 Å². The summed E-state index contributed by atoms with van der Waals surface area (Å²) < 4.78 is 0. The molecule has 18 heavy (non-hydrogen) atoms. The molecule has 0 radical (unpaired) electrons. The van der Waals surface area contributed by atoms with Crippen molar-refractivity contribution in [2.75, 3.05) is 19.0 Å². The Morgan fingerprint density at radius 1 is 1.22 bits per heavy atom. The highest BCUT2D eigenvalue weighted by atomic mass is 15.1. The maximum absolute atomic E-state index is 6.11. The highest BCUT2D eigenvalue weighted by molar-refractivity contribution is 5.87. The third-order valence-corrected chi connectivity index (χ3v) is 2.97. The van der Waals surface area contributed by atoms with Crippen LogP contribution in [0.4, 0.5) is 5.69 Å². The van der Waals surface area contributed by atoms with E-state index < -0.39 is 0 Å². The van der Waals surface area contributed by atoms with Gasteiger partial charge in [-0.3, -0.25) is 4.98 Å². The SMILES string of the molecule is CN(C)c1ccc2ccnc(CC(C)(C)N)c2c1. The summed E-state index contributed by atoms with van der Waals surface area (Å²) >= 11 is 0. The van der Waals surface area contributed by atoms with Gasteiger partial charge in [0.2, 0.25) is 0 Å². The molecule has 0 amide bonds. The summed E-state index contributed by atoms with van der Waals surface area (Å²) in [5.74, 6) is 0. The largest absolute Gasteiger partial charge is 0.378 e. The first kappa shape index (κ1) is 12.8. The third kappa shape index (κ3) is 2.79. The number of hydrogen-bond acceptors (Lipinski definition) is 3. The number of benzene rings is 1. The molecule has 0 spiro atoms. The number of nitrogens with two attached hydrogens (primary N) is 1. The van der Waals surface area contributed by atoms with Crippen LogP contribution in [0.1, 0.15) is 19.5 Å². The first-order valence-electron chi connectivity index (χ1n) is 6.21. The summed E-state index contributed by atoms with van der Waals surface area (Å²) in [6.45, 7) is 4.06. The van der Waals surface area contributed by atoms with E-state index in [1.807, 2.05) is 40.2 Å². The number of anilines is 1. The number of hydrogen-bond donors (Lipinski definition) is 1. The molecule has 0 saturated carbocycles. The summed E-state index contributed by atoms with van der Waals surface area (Å²) in [6.07, 6.45) is 2.64. The highest BCUT2D eigenvalue weighted by Crippen LogP contribution is 2.24. The molecule has 0 atom stereocenters. The van der Waals surface area contributed by atoms with E-state index >= 15 is 0 Å². The average Bonchev–Trinajstić information content (AvgIpc) is 2.26. The second-order valence-electron chi connectivity index (χ2n) is 5.72. The van der Waals surface area contributed by atoms with Crippen LogP contribution in [-0.4, -0.2) is 24.6 Å². The average molecular weight is 243 g/mol. The zero-order valence-electron chi connectivity index (χ0n) is 11.6. The number of nitrogens with zero attached hydrogens (tertiary/aromatic N) is 2. The molecule has 3 heteroatoms. The van der Waals surface area contributed by atoms with E-state index in [9.17, 15) is 0 Å². The summed E-state index contributed by atoms with van der Waals surface area (Å²) in [7, 11) is 4.09. The molecule has 0 unspecified atom stereocenters. The van der Waals surface area contributed by atoms with E-state index in [1.54, 1.807) is 0 Å². The fourth-order valence-electron chi connectivity index (χ4n) is 2.07. The molecule has 2 rings (SSSR count). The van der Waals surface area contributed by atoms with E-state index in [2.05, 4.69) is 28.1 Å². The minimum absolute atomic E-state index is 0.241. The van der Waals surface area contributed by atoms with Crippen molar-refractivity contribution in [1.82, 2.24) is 4.98 Å². The van der Waals surface area contributed by atoms with E-state index in [0.717, 1.165) is 12.1 Å². The maximum Gasteiger partial charge on any atom is 0.0500 e. The standard InChI is InChI=1S/C15H21N3/c1-15(2,16)10-14-13-9-12(18(3)4)6-5-11(13)7-8-17-14/h5-9H,10,16H2,1-4H3. The van der Waals surface area contributed by atoms with Crippen molar-refractivity contribution in [3.8, 4) is 0 Å². The smallest absolute Gasteiger partial charge is 0.0500 e. The minimum atomic E-state index is -0.241. The second-order valence-corrected chi connectivity index (χ2v) is 5.72. The molecule has 0 aliphatic carbocycles. The number of aromatic nitrogens is 1. The predicted molar refractivity (Wildman–Crippen MR) is 78.0 cm³/mol. The van der Waals surface area contributed by atoms with Gasteiger partial charge in [0.1, 0.15) is 0 Å². The molecular formula is C15H21N3. The van der Waals surface area contributed by atoms with Crippen LogP contribution in [0.3, 0.4) is 0 Å². The third-order valence-electron chi connectivity index (χ3n) is 2.97. The van der Waals surface area contributed by atoms with Gasteiger partial charge in [-0.05, 0) is 37.4 Å². The number of pyridine rings is 1. The molecular weight excluding hydrogens is 222 g/mol. The lowest BCUT2D eigenvalue weighted by Gasteiger charge is -2.19. The van der Waals surface area contributed by atoms with Crippen LogP contribution >= 0.6 is 0 Å². The monoisotopic (exact) mass is 243 g/mol. The van der Waals surface area contributed by atoms with E-state index in [0.29, 0.717) is 0 Å². The Labute approximate surface area is 109 Å². The Balaban J connectivity index is 2.55. The molecule has 1 aromatic carbocycles. The van der Waals surface area contributed by atoms with Gasteiger partial charge >= 0.3 is 0 Å². The van der Waals surface area contributed by atoms with Gasteiger partial charge in [-0.1, -0.05) is 6.07 Å². The molecule has 2 N–H and O–H groups in total. The first-order chi connectivity index (χ1) is 8.37. The molecule has 3 nitrogen and oxygen atoms in total. The minimum Gasteiger partial charge on any atom is -0.378 e. The summed E-state index contributed by atoms with van der Waals surface area (Å²) in [5, 5.41) is 2.41. The fourth-order valence-corrected chi connectivity index (χ4v) is 2.07. The van der Waals surface area contributed by atoms with Crippen LogP contribution in [0.15, 0.2) is 30.5 Å². The molecule has 1 aromatic heterocycles. The molecule has 0 saturated heterocycles. The fraction of sp³-hybridized carbons (Fsp3) is 0.400. The highest BCUT2D eigenvalue weighted by Gasteiger charge is 2.15. The molecule has 0 bridgehead atoms. The van der Waals surface area contributed by atoms with Crippen LogP contribution in [-0.2, 0) is 6.42 Å². The van der Waals surface area contributed by atoms with Crippen LogP contribution in [0, 0.1) is 0 Å². The normalized spacial score (nSPS) is 11.8. The van der Waals surface area contributed by atoms with Gasteiger partial charge in [-0.2, -0.15) is 0 Å². The first-order valence-corrected chi connectivity index (χ1v) is 6.21. The van der Waals surface area contributed by atoms with Gasteiger partial charge in [0, 0.05) is 43.3 Å². The van der Waals surface area contributed by atoms with Gasteiger partial charge in [-0.15, -0.1) is 0 Å². The summed E-state index contributed by atoms with van der Waals surface area (Å²) in [4.78, 5) is 6.60. The summed E-state index contributed by atoms with van der Waals surface area (Å²) in [5.41, 5.74) is 8.12. The lowest BCUT2D eigenvalue weighted by molar-refractivity contribution is 0.512. The van der Waals surface area contributed by atoms with Crippen molar-refractivity contribution in [2.24, 2.45) is 5.73 Å². The van der Waals surface area contributed by atoms with Crippen LogP contribution in [0.5, 0.6) is 0 Å². The van der Waals surface area contributed by atoms with Crippen molar-refractivity contribution >= 4 is 16.5 Å². The van der Waals surface area contributed by atoms with Crippen molar-refractivity contribution in [1.29, 1.82) is 0 Å². The van der Waals surface area contributed by atoms with Crippen LogP contribution in [0.2, 0.25) is 0 Å². The van der Waals surface area contributed by atoms with E-state index in [4.69, 9.17) is 5.73 Å². The Morgan fingerprint density at radius 2 is 1.94 bits per heavy atom. The van der Waals surface area contributed by atoms with Crippen molar-refractivity contribution < 1.29 is 0 Å². The number of fused-ring (bicyclic) bond motifs is 1. The second kappa shape index (κ2) is 4.58. The zero-order chi connectivity index (χ0) is 13.3.